The predicted octanol–water partition coefficient (Wildman–Crippen LogP) is -0.645. The van der Waals surface area contributed by atoms with Gasteiger partial charge >= 0.3 is 5.97 Å². The zero-order chi connectivity index (χ0) is 16.8. The monoisotopic (exact) mass is 318 g/mol. The maximum absolute atomic E-state index is 11.7. The summed E-state index contributed by atoms with van der Waals surface area (Å²) in [5.41, 5.74) is 6.80. The Morgan fingerprint density at radius 1 is 1.22 bits per heavy atom. The third kappa shape index (κ3) is 4.30. The fraction of sp³-hybridized carbons (Fsp3) is 0.267. The molecule has 2 amide bonds. The molecule has 122 valence electrons. The fourth-order valence-electron chi connectivity index (χ4n) is 2.22. The molecule has 8 nitrogen and oxygen atoms in total. The van der Waals surface area contributed by atoms with E-state index in [1.54, 1.807) is 6.20 Å². The molecule has 0 spiro atoms. The first-order chi connectivity index (χ1) is 11.0. The summed E-state index contributed by atoms with van der Waals surface area (Å²) in [6, 6.07) is 6.41. The summed E-state index contributed by atoms with van der Waals surface area (Å²) in [5.74, 6) is -2.21. The molecule has 0 aliphatic heterocycles. The fourth-order valence-corrected chi connectivity index (χ4v) is 2.22. The molecule has 2 rings (SSSR count). The molecular weight excluding hydrogens is 300 g/mol. The van der Waals surface area contributed by atoms with Crippen LogP contribution in [0.1, 0.15) is 5.56 Å². The average molecular weight is 318 g/mol. The molecule has 0 unspecified atom stereocenters. The van der Waals surface area contributed by atoms with Crippen molar-refractivity contribution in [1.82, 2.24) is 15.6 Å². The van der Waals surface area contributed by atoms with Crippen LogP contribution in [0, 0.1) is 0 Å². The van der Waals surface area contributed by atoms with Gasteiger partial charge in [-0.15, -0.1) is 0 Å². The number of aromatic amines is 1. The van der Waals surface area contributed by atoms with Crippen molar-refractivity contribution in [1.29, 1.82) is 0 Å². The van der Waals surface area contributed by atoms with Crippen molar-refractivity contribution in [2.24, 2.45) is 5.73 Å². The minimum absolute atomic E-state index is 0.135. The van der Waals surface area contributed by atoms with E-state index >= 15 is 0 Å². The highest BCUT2D eigenvalue weighted by Gasteiger charge is 2.21. The van der Waals surface area contributed by atoms with Crippen LogP contribution in [0.4, 0.5) is 0 Å². The van der Waals surface area contributed by atoms with Crippen molar-refractivity contribution in [3.8, 4) is 0 Å². The Hall–Kier alpha value is -2.87. The first-order valence-corrected chi connectivity index (χ1v) is 7.05. The van der Waals surface area contributed by atoms with Gasteiger partial charge in [-0.25, -0.2) is 4.79 Å². The van der Waals surface area contributed by atoms with Gasteiger partial charge in [0.2, 0.25) is 11.8 Å². The molecule has 23 heavy (non-hydrogen) atoms. The highest BCUT2D eigenvalue weighted by Crippen LogP contribution is 2.19. The van der Waals surface area contributed by atoms with Crippen molar-refractivity contribution >= 4 is 28.7 Å². The van der Waals surface area contributed by atoms with Gasteiger partial charge in [-0.05, 0) is 11.6 Å². The highest BCUT2D eigenvalue weighted by atomic mass is 16.4. The molecular formula is C15H18N4O4. The van der Waals surface area contributed by atoms with E-state index in [1.165, 1.54) is 0 Å². The van der Waals surface area contributed by atoms with Crippen LogP contribution in [0.15, 0.2) is 30.5 Å². The number of carbonyl (C=O) groups excluding carboxylic acids is 2. The lowest BCUT2D eigenvalue weighted by Crippen LogP contribution is -2.47. The highest BCUT2D eigenvalue weighted by molar-refractivity contribution is 5.89. The van der Waals surface area contributed by atoms with E-state index in [9.17, 15) is 19.5 Å². The van der Waals surface area contributed by atoms with Gasteiger partial charge < -0.3 is 26.5 Å². The number of carboxylic acid groups (broad SMARTS) is 1. The van der Waals surface area contributed by atoms with Crippen LogP contribution in [-0.4, -0.2) is 47.0 Å². The number of hydrogen-bond acceptors (Lipinski definition) is 4. The smallest absolute Gasteiger partial charge is 0.326 e. The Labute approximate surface area is 132 Å². The van der Waals surface area contributed by atoms with Crippen molar-refractivity contribution < 1.29 is 19.5 Å². The van der Waals surface area contributed by atoms with Crippen LogP contribution >= 0.6 is 0 Å². The summed E-state index contributed by atoms with van der Waals surface area (Å²) >= 11 is 0. The lowest BCUT2D eigenvalue weighted by molar-refractivity contribution is -0.141. The van der Waals surface area contributed by atoms with Crippen LogP contribution in [0.5, 0.6) is 0 Å². The predicted molar refractivity (Wildman–Crippen MR) is 83.6 cm³/mol. The number of fused-ring (bicyclic) bond motifs is 1. The molecule has 0 fully saturated rings. The van der Waals surface area contributed by atoms with Gasteiger partial charge in [-0.3, -0.25) is 9.59 Å². The summed E-state index contributed by atoms with van der Waals surface area (Å²) in [4.78, 5) is 37.2. The lowest BCUT2D eigenvalue weighted by atomic mass is 10.1. The molecule has 6 N–H and O–H groups in total. The number of aliphatic carboxylic acids is 1. The van der Waals surface area contributed by atoms with Crippen molar-refractivity contribution in [2.75, 3.05) is 13.1 Å². The maximum atomic E-state index is 11.7. The molecule has 0 aliphatic rings. The molecule has 1 aromatic heterocycles. The quantitative estimate of drug-likeness (QED) is 0.462. The van der Waals surface area contributed by atoms with E-state index in [-0.39, 0.29) is 19.5 Å². The molecule has 1 aromatic carbocycles. The number of hydrogen-bond donors (Lipinski definition) is 5. The first kappa shape index (κ1) is 16.5. The lowest BCUT2D eigenvalue weighted by Gasteiger charge is -2.14. The van der Waals surface area contributed by atoms with Gasteiger partial charge in [0, 0.05) is 23.5 Å². The van der Waals surface area contributed by atoms with Gasteiger partial charge in [0.25, 0.3) is 0 Å². The molecule has 1 heterocycles. The second kappa shape index (κ2) is 7.41. The Kier molecular flexibility index (Phi) is 5.32. The number of nitrogens with one attached hydrogen (secondary N) is 3. The van der Waals surface area contributed by atoms with Crippen LogP contribution in [0.25, 0.3) is 10.9 Å². The number of nitrogens with two attached hydrogens (primary N) is 1. The molecule has 0 aliphatic carbocycles. The summed E-state index contributed by atoms with van der Waals surface area (Å²) in [5, 5.41) is 14.9. The van der Waals surface area contributed by atoms with Gasteiger partial charge in [-0.1, -0.05) is 18.2 Å². The molecule has 8 heteroatoms. The van der Waals surface area contributed by atoms with E-state index in [0.29, 0.717) is 0 Å². The Morgan fingerprint density at radius 3 is 2.65 bits per heavy atom. The normalized spacial score (nSPS) is 11.9. The van der Waals surface area contributed by atoms with Crippen LogP contribution < -0.4 is 16.4 Å². The van der Waals surface area contributed by atoms with E-state index < -0.39 is 23.8 Å². The van der Waals surface area contributed by atoms with E-state index in [2.05, 4.69) is 15.6 Å². The van der Waals surface area contributed by atoms with Crippen LogP contribution in [-0.2, 0) is 20.8 Å². The topological polar surface area (TPSA) is 137 Å². The van der Waals surface area contributed by atoms with Crippen molar-refractivity contribution in [2.45, 2.75) is 12.5 Å². The van der Waals surface area contributed by atoms with E-state index in [1.807, 2.05) is 24.3 Å². The Morgan fingerprint density at radius 2 is 1.96 bits per heavy atom. The minimum atomic E-state index is -1.14. The summed E-state index contributed by atoms with van der Waals surface area (Å²) in [6.07, 6.45) is 1.86. The summed E-state index contributed by atoms with van der Waals surface area (Å²) in [7, 11) is 0. The third-order valence-electron chi connectivity index (χ3n) is 3.36. The molecule has 2 aromatic rings. The Bertz CT molecular complexity index is 725. The van der Waals surface area contributed by atoms with Gasteiger partial charge in [-0.2, -0.15) is 0 Å². The third-order valence-corrected chi connectivity index (χ3v) is 3.36. The van der Waals surface area contributed by atoms with E-state index in [0.717, 1.165) is 16.5 Å². The molecule has 1 atom stereocenters. The van der Waals surface area contributed by atoms with Crippen LogP contribution in [0.3, 0.4) is 0 Å². The molecule has 0 bridgehead atoms. The van der Waals surface area contributed by atoms with Gasteiger partial charge in [0.05, 0.1) is 13.1 Å². The van der Waals surface area contributed by atoms with Crippen molar-refractivity contribution in [3.63, 3.8) is 0 Å². The molecule has 0 radical (unpaired) electrons. The first-order valence-electron chi connectivity index (χ1n) is 7.05. The van der Waals surface area contributed by atoms with E-state index in [4.69, 9.17) is 5.73 Å². The largest absolute Gasteiger partial charge is 0.480 e. The zero-order valence-electron chi connectivity index (χ0n) is 12.3. The number of benzene rings is 1. The van der Waals surface area contributed by atoms with Crippen molar-refractivity contribution in [3.05, 3.63) is 36.0 Å². The maximum Gasteiger partial charge on any atom is 0.326 e. The number of aromatic nitrogens is 1. The second-order valence-electron chi connectivity index (χ2n) is 5.00. The van der Waals surface area contributed by atoms with Gasteiger partial charge in [0.1, 0.15) is 6.04 Å². The van der Waals surface area contributed by atoms with Gasteiger partial charge in [0.15, 0.2) is 0 Å². The number of carboxylic acids is 1. The number of carbonyl (C=O) groups is 3. The number of amides is 2. The molecule has 0 saturated heterocycles. The Balaban J connectivity index is 2.03. The number of para-hydroxylation sites is 1. The summed E-state index contributed by atoms with van der Waals surface area (Å²) in [6.45, 7) is -0.543. The average Bonchev–Trinajstić information content (AvgIpc) is 2.95. The molecule has 0 saturated carbocycles. The minimum Gasteiger partial charge on any atom is -0.480 e. The number of H-pyrrole nitrogens is 1. The standard InChI is InChI=1S/C15H18N4O4/c16-6-13(20)18-8-14(21)19-12(15(22)23)5-9-7-17-11-4-2-1-3-10(9)11/h1-4,7,12,17H,5-6,8,16H2,(H,18,20)(H,19,21)(H,22,23)/t12-/m0/s1. The second-order valence-corrected chi connectivity index (χ2v) is 5.00. The van der Waals surface area contributed by atoms with Crippen LogP contribution in [0.2, 0.25) is 0 Å². The number of rotatable bonds is 7. The summed E-state index contributed by atoms with van der Waals surface area (Å²) < 4.78 is 0. The SMILES string of the molecule is NCC(=O)NCC(=O)N[C@@H](Cc1c[nH]c2ccccc12)C(=O)O. The zero-order valence-corrected chi connectivity index (χ0v) is 12.3.